The lowest BCUT2D eigenvalue weighted by atomic mass is 10.0. The molecule has 72 heavy (non-hydrogen) atoms. The number of hydrogen-bond donors (Lipinski definition) is 3. The maximum atomic E-state index is 12.5. The van der Waals surface area contributed by atoms with E-state index in [2.05, 4.69) is 67.8 Å². The normalized spacial score (nSPS) is 12.9. The highest BCUT2D eigenvalue weighted by Crippen LogP contribution is 2.18. The van der Waals surface area contributed by atoms with Gasteiger partial charge in [0.25, 0.3) is 0 Å². The molecule has 0 fully saturated rings. The number of esters is 1. The molecule has 0 aromatic heterocycles. The van der Waals surface area contributed by atoms with Gasteiger partial charge in [-0.15, -0.1) is 0 Å². The third-order valence-corrected chi connectivity index (χ3v) is 14.6. The zero-order valence-corrected chi connectivity index (χ0v) is 48.2. The highest BCUT2D eigenvalue weighted by molar-refractivity contribution is 5.76. The van der Waals surface area contributed by atoms with Gasteiger partial charge in [-0.3, -0.25) is 9.59 Å². The van der Waals surface area contributed by atoms with Gasteiger partial charge in [-0.2, -0.15) is 0 Å². The van der Waals surface area contributed by atoms with Crippen LogP contribution in [0.25, 0.3) is 0 Å². The number of nitrogens with one attached hydrogen (secondary N) is 1. The van der Waals surface area contributed by atoms with E-state index in [-0.39, 0.29) is 18.5 Å². The van der Waals surface area contributed by atoms with Gasteiger partial charge in [0.05, 0.1) is 25.4 Å². The van der Waals surface area contributed by atoms with Crippen molar-refractivity contribution in [2.45, 2.75) is 347 Å². The molecule has 0 saturated heterocycles. The summed E-state index contributed by atoms with van der Waals surface area (Å²) in [5.41, 5.74) is 0. The second kappa shape index (κ2) is 61.4. The standard InChI is InChI=1S/C66H123NO5/c1-3-5-7-9-11-13-15-17-19-26-30-34-38-42-46-50-54-58-64(69)63(62-68)67-65(70)59-55-51-47-43-39-35-31-28-24-22-21-23-25-29-33-37-41-45-49-53-57-61-72-66(71)60-56-52-48-44-40-36-32-27-20-18-16-14-12-10-8-6-4-2/h12,14,18,20,37,41,49,53,63-64,68-69H,3-11,13,15-17,19,21-36,38-40,42-48,50-52,54-62H2,1-2H3,(H,67,70)/b14-12-,20-18-,41-37-,53-49-. The number of rotatable bonds is 59. The molecule has 0 aromatic carbocycles. The average Bonchev–Trinajstić information content (AvgIpc) is 3.38. The second-order valence-corrected chi connectivity index (χ2v) is 21.7. The Hall–Kier alpha value is -2.18. The van der Waals surface area contributed by atoms with Crippen LogP contribution in [-0.4, -0.2) is 47.4 Å². The monoisotopic (exact) mass is 1010 g/mol. The van der Waals surface area contributed by atoms with Crippen molar-refractivity contribution in [2.24, 2.45) is 0 Å². The van der Waals surface area contributed by atoms with Crippen molar-refractivity contribution in [3.63, 3.8) is 0 Å². The number of carbonyl (C=O) groups is 2. The minimum atomic E-state index is -0.669. The van der Waals surface area contributed by atoms with Gasteiger partial charge in [-0.05, 0) is 77.0 Å². The topological polar surface area (TPSA) is 95.9 Å². The molecule has 422 valence electrons. The van der Waals surface area contributed by atoms with Crippen molar-refractivity contribution >= 4 is 11.9 Å². The quantitative estimate of drug-likeness (QED) is 0.0320. The molecular weight excluding hydrogens is 887 g/mol. The van der Waals surface area contributed by atoms with Gasteiger partial charge >= 0.3 is 5.97 Å². The molecule has 3 N–H and O–H groups in total. The van der Waals surface area contributed by atoms with Gasteiger partial charge in [0.15, 0.2) is 0 Å². The summed E-state index contributed by atoms with van der Waals surface area (Å²) >= 11 is 0. The lowest BCUT2D eigenvalue weighted by molar-refractivity contribution is -0.143. The third kappa shape index (κ3) is 57.1. The van der Waals surface area contributed by atoms with Crippen LogP contribution < -0.4 is 5.32 Å². The van der Waals surface area contributed by atoms with Gasteiger partial charge in [0.1, 0.15) is 0 Å². The second-order valence-electron chi connectivity index (χ2n) is 21.7. The summed E-state index contributed by atoms with van der Waals surface area (Å²) in [6.45, 7) is 4.83. The Balaban J connectivity index is 3.46. The summed E-state index contributed by atoms with van der Waals surface area (Å²) in [5, 5.41) is 23.3. The van der Waals surface area contributed by atoms with Gasteiger partial charge in [0.2, 0.25) is 5.91 Å². The van der Waals surface area contributed by atoms with Crippen molar-refractivity contribution in [1.82, 2.24) is 5.32 Å². The van der Waals surface area contributed by atoms with E-state index in [0.29, 0.717) is 25.9 Å². The molecule has 1 amide bonds. The summed E-state index contributed by atoms with van der Waals surface area (Å²) < 4.78 is 5.42. The van der Waals surface area contributed by atoms with Crippen LogP contribution >= 0.6 is 0 Å². The van der Waals surface area contributed by atoms with E-state index in [1.165, 1.54) is 244 Å². The number of carbonyl (C=O) groups excluding carboxylic acids is 2. The van der Waals surface area contributed by atoms with Gasteiger partial charge in [-0.25, -0.2) is 0 Å². The molecular formula is C66H123NO5. The van der Waals surface area contributed by atoms with E-state index >= 15 is 0 Å². The van der Waals surface area contributed by atoms with E-state index in [0.717, 1.165) is 57.8 Å². The Labute approximate surface area is 448 Å². The highest BCUT2D eigenvalue weighted by Gasteiger charge is 2.20. The Morgan fingerprint density at radius 2 is 0.694 bits per heavy atom. The minimum absolute atomic E-state index is 0.0382. The number of hydrogen-bond acceptors (Lipinski definition) is 5. The van der Waals surface area contributed by atoms with Crippen molar-refractivity contribution in [2.75, 3.05) is 13.2 Å². The van der Waals surface area contributed by atoms with Crippen LogP contribution in [0, 0.1) is 0 Å². The summed E-state index contributed by atoms with van der Waals surface area (Å²) in [6.07, 6.45) is 78.5. The fourth-order valence-corrected chi connectivity index (χ4v) is 9.75. The van der Waals surface area contributed by atoms with Gasteiger partial charge in [0, 0.05) is 12.8 Å². The Kier molecular flexibility index (Phi) is 59.5. The number of ether oxygens (including phenoxy) is 1. The van der Waals surface area contributed by atoms with Gasteiger partial charge in [-0.1, -0.05) is 294 Å². The highest BCUT2D eigenvalue weighted by atomic mass is 16.5. The van der Waals surface area contributed by atoms with Crippen LogP contribution in [0.4, 0.5) is 0 Å². The van der Waals surface area contributed by atoms with Gasteiger partial charge < -0.3 is 20.3 Å². The van der Waals surface area contributed by atoms with Crippen molar-refractivity contribution in [3.05, 3.63) is 48.6 Å². The first-order chi connectivity index (χ1) is 35.5. The molecule has 0 spiro atoms. The SMILES string of the molecule is CCCCC/C=C\C/C=C\CCCCCCCCCC(=O)OCC/C=C\C/C=C\CCCCCCCCCCCCCCCCC(=O)NC(CO)C(O)CCCCCCCCCCCCCCCCCCC. The molecule has 2 unspecified atom stereocenters. The fourth-order valence-electron chi connectivity index (χ4n) is 9.75. The fraction of sp³-hybridized carbons (Fsp3) is 0.848. The predicted molar refractivity (Wildman–Crippen MR) is 315 cm³/mol. The van der Waals surface area contributed by atoms with Crippen LogP contribution in [0.5, 0.6) is 0 Å². The van der Waals surface area contributed by atoms with Crippen LogP contribution in [0.2, 0.25) is 0 Å². The molecule has 0 heterocycles. The van der Waals surface area contributed by atoms with E-state index in [1.54, 1.807) is 0 Å². The Morgan fingerprint density at radius 1 is 0.389 bits per heavy atom. The smallest absolute Gasteiger partial charge is 0.305 e. The van der Waals surface area contributed by atoms with E-state index in [1.807, 2.05) is 0 Å². The van der Waals surface area contributed by atoms with Crippen molar-refractivity contribution in [1.29, 1.82) is 0 Å². The number of amides is 1. The van der Waals surface area contributed by atoms with Crippen LogP contribution in [0.1, 0.15) is 335 Å². The molecule has 0 rings (SSSR count). The third-order valence-electron chi connectivity index (χ3n) is 14.6. The number of aliphatic hydroxyl groups excluding tert-OH is 2. The predicted octanol–water partition coefficient (Wildman–Crippen LogP) is 20.1. The molecule has 0 saturated carbocycles. The summed E-state index contributed by atoms with van der Waals surface area (Å²) in [5.74, 6) is -0.0811. The summed E-state index contributed by atoms with van der Waals surface area (Å²) in [7, 11) is 0. The molecule has 0 bridgehead atoms. The van der Waals surface area contributed by atoms with Crippen molar-refractivity contribution < 1.29 is 24.5 Å². The van der Waals surface area contributed by atoms with E-state index in [9.17, 15) is 19.8 Å². The lowest BCUT2D eigenvalue weighted by Crippen LogP contribution is -2.45. The van der Waals surface area contributed by atoms with E-state index in [4.69, 9.17) is 4.74 Å². The maximum Gasteiger partial charge on any atom is 0.305 e. The first-order valence-corrected chi connectivity index (χ1v) is 31.9. The maximum absolute atomic E-state index is 12.5. The largest absolute Gasteiger partial charge is 0.465 e. The first-order valence-electron chi connectivity index (χ1n) is 31.9. The zero-order chi connectivity index (χ0) is 52.2. The number of aliphatic hydroxyl groups is 2. The summed E-state index contributed by atoms with van der Waals surface area (Å²) in [6, 6.07) is -0.547. The van der Waals surface area contributed by atoms with E-state index < -0.39 is 12.1 Å². The molecule has 0 aromatic rings. The molecule has 6 heteroatoms. The van der Waals surface area contributed by atoms with Crippen LogP contribution in [0.3, 0.4) is 0 Å². The Bertz CT molecular complexity index is 1210. The molecule has 0 aliphatic carbocycles. The molecule has 0 aliphatic rings. The van der Waals surface area contributed by atoms with Crippen LogP contribution in [0.15, 0.2) is 48.6 Å². The molecule has 6 nitrogen and oxygen atoms in total. The van der Waals surface area contributed by atoms with Crippen molar-refractivity contribution in [3.8, 4) is 0 Å². The van der Waals surface area contributed by atoms with Crippen LogP contribution in [-0.2, 0) is 14.3 Å². The number of unbranched alkanes of at least 4 members (excludes halogenated alkanes) is 40. The minimum Gasteiger partial charge on any atom is -0.465 e. The molecule has 0 radical (unpaired) electrons. The molecule has 2 atom stereocenters. The summed E-state index contributed by atoms with van der Waals surface area (Å²) in [4.78, 5) is 24.6. The first kappa shape index (κ1) is 69.8. The lowest BCUT2D eigenvalue weighted by Gasteiger charge is -2.22. The Morgan fingerprint density at radius 3 is 1.08 bits per heavy atom. The average molecular weight is 1010 g/mol. The molecule has 0 aliphatic heterocycles. The zero-order valence-electron chi connectivity index (χ0n) is 48.2. The number of allylic oxidation sites excluding steroid dienone is 7.